The normalized spacial score (nSPS) is 12.0. The summed E-state index contributed by atoms with van der Waals surface area (Å²) in [6.45, 7) is 0.195. The summed E-state index contributed by atoms with van der Waals surface area (Å²) in [5.41, 5.74) is 0. The van der Waals surface area contributed by atoms with E-state index in [9.17, 15) is 13.2 Å². The van der Waals surface area contributed by atoms with Gasteiger partial charge in [-0.25, -0.2) is 17.5 Å². The zero-order chi connectivity index (χ0) is 16.9. The lowest BCUT2D eigenvalue weighted by Gasteiger charge is -2.21. The summed E-state index contributed by atoms with van der Waals surface area (Å²) >= 11 is 0.771. The number of ether oxygens (including phenoxy) is 2. The third-order valence-electron chi connectivity index (χ3n) is 2.62. The largest absolute Gasteiger partial charge is 0.354 e. The number of anilines is 1. The van der Waals surface area contributed by atoms with E-state index < -0.39 is 22.3 Å². The van der Waals surface area contributed by atoms with Gasteiger partial charge in [0.15, 0.2) is 6.29 Å². The van der Waals surface area contributed by atoms with Crippen LogP contribution in [0.25, 0.3) is 0 Å². The average Bonchev–Trinajstić information content (AvgIpc) is 2.93. The molecule has 0 fully saturated rings. The van der Waals surface area contributed by atoms with Crippen molar-refractivity contribution in [2.75, 3.05) is 47.2 Å². The Hall–Kier alpha value is -1.34. The Labute approximate surface area is 133 Å². The van der Waals surface area contributed by atoms with Crippen molar-refractivity contribution < 1.29 is 22.7 Å². The molecule has 12 heteroatoms. The molecule has 0 bridgehead atoms. The second-order valence-corrected chi connectivity index (χ2v) is 7.68. The summed E-state index contributed by atoms with van der Waals surface area (Å²) in [5.74, 6) is 0. The highest BCUT2D eigenvalue weighted by molar-refractivity contribution is 7.91. The van der Waals surface area contributed by atoms with Gasteiger partial charge >= 0.3 is 6.03 Å². The van der Waals surface area contributed by atoms with E-state index in [-0.39, 0.29) is 16.0 Å². The first-order valence-electron chi connectivity index (χ1n) is 6.06. The fourth-order valence-electron chi connectivity index (χ4n) is 1.26. The fraction of sp³-hybridized carbons (Fsp3) is 0.700. The number of rotatable bonds is 7. The van der Waals surface area contributed by atoms with Gasteiger partial charge in [0.2, 0.25) is 9.47 Å². The number of nitrogens with one attached hydrogen (secondary N) is 1. The minimum atomic E-state index is -3.67. The van der Waals surface area contributed by atoms with Gasteiger partial charge in [-0.05, 0) is 0 Å². The van der Waals surface area contributed by atoms with Crippen LogP contribution in [0, 0.1) is 0 Å². The van der Waals surface area contributed by atoms with E-state index in [0.29, 0.717) is 0 Å². The van der Waals surface area contributed by atoms with E-state index in [1.165, 1.54) is 33.2 Å². The maximum absolute atomic E-state index is 12.0. The molecular formula is C10H19N5O5S2. The summed E-state index contributed by atoms with van der Waals surface area (Å²) in [7, 11) is 3.57. The molecule has 0 saturated heterocycles. The molecule has 0 spiro atoms. The number of likely N-dealkylation sites (N-methyl/N-ethyl adjacent to an activating group) is 1. The van der Waals surface area contributed by atoms with Crippen LogP contribution in [0.3, 0.4) is 0 Å². The summed E-state index contributed by atoms with van der Waals surface area (Å²) < 4.78 is 34.5. The molecule has 1 rings (SSSR count). The quantitative estimate of drug-likeness (QED) is 0.536. The number of carbonyl (C=O) groups excluding carboxylic acids is 1. The molecule has 0 radical (unpaired) electrons. The van der Waals surface area contributed by atoms with Crippen molar-refractivity contribution in [3.05, 3.63) is 0 Å². The van der Waals surface area contributed by atoms with Gasteiger partial charge in [-0.3, -0.25) is 5.32 Å². The predicted octanol–water partition coefficient (Wildman–Crippen LogP) is -0.129. The Morgan fingerprint density at radius 3 is 2.36 bits per heavy atom. The van der Waals surface area contributed by atoms with Gasteiger partial charge in [0.05, 0.1) is 6.54 Å². The summed E-state index contributed by atoms with van der Waals surface area (Å²) in [5, 5.41) is 9.77. The van der Waals surface area contributed by atoms with Crippen molar-refractivity contribution in [1.82, 2.24) is 19.4 Å². The molecule has 0 atom stereocenters. The van der Waals surface area contributed by atoms with Crippen LogP contribution in [0.5, 0.6) is 0 Å². The number of nitrogens with zero attached hydrogens (tertiary/aromatic N) is 4. The SMILES string of the molecule is COC(CN(C)C(=O)Nc1nnc(S(=O)(=O)N(C)C)s1)OC. The topological polar surface area (TPSA) is 114 Å². The summed E-state index contributed by atoms with van der Waals surface area (Å²) in [4.78, 5) is 13.3. The van der Waals surface area contributed by atoms with Crippen LogP contribution in [0.4, 0.5) is 9.93 Å². The van der Waals surface area contributed by atoms with Crippen LogP contribution in [-0.2, 0) is 19.5 Å². The molecule has 10 nitrogen and oxygen atoms in total. The Morgan fingerprint density at radius 1 is 1.27 bits per heavy atom. The van der Waals surface area contributed by atoms with Crippen molar-refractivity contribution in [2.45, 2.75) is 10.6 Å². The highest BCUT2D eigenvalue weighted by Crippen LogP contribution is 2.22. The highest BCUT2D eigenvalue weighted by Gasteiger charge is 2.24. The molecule has 1 heterocycles. The molecule has 1 aromatic rings. The second-order valence-electron chi connectivity index (χ2n) is 4.37. The number of methoxy groups -OCH3 is 2. The highest BCUT2D eigenvalue weighted by atomic mass is 32.2. The zero-order valence-electron chi connectivity index (χ0n) is 12.9. The molecule has 2 amide bonds. The molecule has 0 aromatic carbocycles. The minimum Gasteiger partial charge on any atom is -0.354 e. The van der Waals surface area contributed by atoms with Crippen molar-refractivity contribution >= 4 is 32.5 Å². The Balaban J connectivity index is 2.72. The molecule has 0 saturated carbocycles. The molecular weight excluding hydrogens is 334 g/mol. The molecule has 22 heavy (non-hydrogen) atoms. The van der Waals surface area contributed by atoms with E-state index in [4.69, 9.17) is 9.47 Å². The maximum Gasteiger partial charge on any atom is 0.323 e. The van der Waals surface area contributed by atoms with Gasteiger partial charge in [-0.15, -0.1) is 10.2 Å². The van der Waals surface area contributed by atoms with E-state index in [0.717, 1.165) is 15.6 Å². The van der Waals surface area contributed by atoms with Gasteiger partial charge < -0.3 is 14.4 Å². The number of aromatic nitrogens is 2. The average molecular weight is 353 g/mol. The van der Waals surface area contributed by atoms with E-state index in [1.54, 1.807) is 7.05 Å². The van der Waals surface area contributed by atoms with Gasteiger partial charge in [-0.2, -0.15) is 0 Å². The maximum atomic E-state index is 12.0. The first kappa shape index (κ1) is 18.7. The van der Waals surface area contributed by atoms with Crippen LogP contribution in [0.1, 0.15) is 0 Å². The van der Waals surface area contributed by atoms with Crippen LogP contribution in [0.15, 0.2) is 4.34 Å². The van der Waals surface area contributed by atoms with Crippen molar-refractivity contribution in [1.29, 1.82) is 0 Å². The third kappa shape index (κ3) is 4.58. The van der Waals surface area contributed by atoms with Crippen LogP contribution < -0.4 is 5.32 Å². The van der Waals surface area contributed by atoms with Crippen molar-refractivity contribution in [3.63, 3.8) is 0 Å². The third-order valence-corrected chi connectivity index (χ3v) is 5.62. The predicted molar refractivity (Wildman–Crippen MR) is 80.2 cm³/mol. The lowest BCUT2D eigenvalue weighted by molar-refractivity contribution is -0.108. The number of urea groups is 1. The number of amides is 2. The fourth-order valence-corrected chi connectivity index (χ4v) is 3.29. The molecule has 1 aromatic heterocycles. The smallest absolute Gasteiger partial charge is 0.323 e. The molecule has 0 aliphatic carbocycles. The van der Waals surface area contributed by atoms with Crippen LogP contribution in [-0.4, -0.2) is 82.0 Å². The van der Waals surface area contributed by atoms with E-state index >= 15 is 0 Å². The minimum absolute atomic E-state index is 0.0867. The monoisotopic (exact) mass is 353 g/mol. The Bertz CT molecular complexity index is 599. The Kier molecular flexibility index (Phi) is 6.62. The van der Waals surface area contributed by atoms with Gasteiger partial charge in [0, 0.05) is 35.4 Å². The number of hydrogen-bond donors (Lipinski definition) is 1. The number of hydrogen-bond acceptors (Lipinski definition) is 8. The van der Waals surface area contributed by atoms with Crippen molar-refractivity contribution in [2.24, 2.45) is 0 Å². The van der Waals surface area contributed by atoms with Crippen LogP contribution >= 0.6 is 11.3 Å². The summed E-state index contributed by atoms with van der Waals surface area (Å²) in [6, 6.07) is -0.482. The molecule has 0 unspecified atom stereocenters. The second kappa shape index (κ2) is 7.78. The zero-order valence-corrected chi connectivity index (χ0v) is 14.6. The molecule has 0 aliphatic rings. The molecule has 0 aliphatic heterocycles. The lowest BCUT2D eigenvalue weighted by atomic mass is 10.5. The summed E-state index contributed by atoms with van der Waals surface area (Å²) in [6.07, 6.45) is -0.560. The standard InChI is InChI=1S/C10H19N5O5S2/c1-14(2)22(17,18)10-13-12-8(21-10)11-9(16)15(3)6-7(19-4)20-5/h7H,6H2,1-5H3,(H,11,12,16). The molecule has 126 valence electrons. The van der Waals surface area contributed by atoms with Crippen molar-refractivity contribution in [3.8, 4) is 0 Å². The van der Waals surface area contributed by atoms with E-state index in [2.05, 4.69) is 15.5 Å². The van der Waals surface area contributed by atoms with Gasteiger partial charge in [0.1, 0.15) is 0 Å². The van der Waals surface area contributed by atoms with Crippen LogP contribution in [0.2, 0.25) is 0 Å². The Morgan fingerprint density at radius 2 is 1.86 bits per heavy atom. The van der Waals surface area contributed by atoms with Gasteiger partial charge in [0.25, 0.3) is 10.0 Å². The first-order valence-corrected chi connectivity index (χ1v) is 8.31. The number of carbonyl (C=O) groups is 1. The van der Waals surface area contributed by atoms with Gasteiger partial charge in [-0.1, -0.05) is 11.3 Å². The number of sulfonamides is 1. The lowest BCUT2D eigenvalue weighted by Crippen LogP contribution is -2.38. The van der Waals surface area contributed by atoms with E-state index in [1.807, 2.05) is 0 Å². The molecule has 1 N–H and O–H groups in total. The first-order chi connectivity index (χ1) is 10.2.